The molecule has 0 unspecified atom stereocenters. The number of alkyl halides is 1. The van der Waals surface area contributed by atoms with Crippen molar-refractivity contribution in [2.24, 2.45) is 0 Å². The minimum absolute atomic E-state index is 0.114. The van der Waals surface area contributed by atoms with Crippen molar-refractivity contribution in [3.63, 3.8) is 0 Å². The third kappa shape index (κ3) is 3.74. The van der Waals surface area contributed by atoms with E-state index in [1.165, 1.54) is 4.90 Å². The normalized spacial score (nSPS) is 10.3. The van der Waals surface area contributed by atoms with E-state index in [0.29, 0.717) is 5.76 Å². The van der Waals surface area contributed by atoms with Gasteiger partial charge in [0.15, 0.2) is 5.22 Å². The van der Waals surface area contributed by atoms with Gasteiger partial charge in [0.2, 0.25) is 5.91 Å². The van der Waals surface area contributed by atoms with Crippen molar-refractivity contribution in [2.75, 3.05) is 19.0 Å². The Hall–Kier alpha value is -0.710. The number of hydrogen-bond acceptors (Lipinski definition) is 3. The molecule has 1 aromatic rings. The highest BCUT2D eigenvalue weighted by Gasteiger charge is 2.13. The first-order chi connectivity index (χ1) is 7.17. The summed E-state index contributed by atoms with van der Waals surface area (Å²) in [6, 6.07) is 3.27. The van der Waals surface area contributed by atoms with Crippen LogP contribution in [-0.4, -0.2) is 34.9 Å². The maximum absolute atomic E-state index is 11.3. The lowest BCUT2D eigenvalue weighted by molar-refractivity contribution is -0.129. The van der Waals surface area contributed by atoms with Crippen LogP contribution in [0, 0.1) is 0 Å². The number of amides is 1. The van der Waals surface area contributed by atoms with Crippen LogP contribution in [0.4, 0.5) is 0 Å². The molecular formula is C9H11Cl2NO3. The monoisotopic (exact) mass is 251 g/mol. The second-order valence-corrected chi connectivity index (χ2v) is 3.52. The van der Waals surface area contributed by atoms with Gasteiger partial charge in [-0.15, -0.1) is 11.6 Å². The second-order valence-electron chi connectivity index (χ2n) is 2.88. The van der Waals surface area contributed by atoms with E-state index < -0.39 is 0 Å². The summed E-state index contributed by atoms with van der Waals surface area (Å²) in [7, 11) is 0. The molecule has 0 saturated carbocycles. The number of halogens is 2. The van der Waals surface area contributed by atoms with Gasteiger partial charge in [0.05, 0.1) is 13.2 Å². The fourth-order valence-electron chi connectivity index (χ4n) is 1.12. The Balaban J connectivity index is 2.62. The zero-order valence-corrected chi connectivity index (χ0v) is 9.46. The van der Waals surface area contributed by atoms with Crippen molar-refractivity contribution in [2.45, 2.75) is 6.54 Å². The Bertz CT molecular complexity index is 327. The molecule has 4 nitrogen and oxygen atoms in total. The van der Waals surface area contributed by atoms with Crippen LogP contribution in [-0.2, 0) is 11.3 Å². The molecule has 84 valence electrons. The Labute approximate surface area is 97.4 Å². The third-order valence-corrected chi connectivity index (χ3v) is 2.24. The number of hydrogen-bond donors (Lipinski definition) is 1. The topological polar surface area (TPSA) is 53.7 Å². The van der Waals surface area contributed by atoms with Crippen molar-refractivity contribution < 1.29 is 14.3 Å². The molecule has 0 saturated heterocycles. The van der Waals surface area contributed by atoms with E-state index in [1.54, 1.807) is 12.1 Å². The molecule has 0 aliphatic heterocycles. The zero-order chi connectivity index (χ0) is 11.3. The van der Waals surface area contributed by atoms with E-state index in [-0.39, 0.29) is 36.7 Å². The Morgan fingerprint density at radius 1 is 1.53 bits per heavy atom. The summed E-state index contributed by atoms with van der Waals surface area (Å²) >= 11 is 11.0. The van der Waals surface area contributed by atoms with Gasteiger partial charge in [-0.3, -0.25) is 4.79 Å². The van der Waals surface area contributed by atoms with Gasteiger partial charge in [-0.25, -0.2) is 0 Å². The lowest BCUT2D eigenvalue weighted by atomic mass is 10.4. The van der Waals surface area contributed by atoms with Crippen LogP contribution in [0.1, 0.15) is 5.76 Å². The molecule has 0 spiro atoms. The van der Waals surface area contributed by atoms with Gasteiger partial charge in [0.25, 0.3) is 0 Å². The number of furan rings is 1. The van der Waals surface area contributed by atoms with Crippen LogP contribution >= 0.6 is 23.2 Å². The smallest absolute Gasteiger partial charge is 0.237 e. The molecule has 1 aromatic heterocycles. The van der Waals surface area contributed by atoms with Gasteiger partial charge in [-0.1, -0.05) is 0 Å². The number of carbonyl (C=O) groups excluding carboxylic acids is 1. The summed E-state index contributed by atoms with van der Waals surface area (Å²) in [5, 5.41) is 9.04. The summed E-state index contributed by atoms with van der Waals surface area (Å²) in [6.07, 6.45) is 0. The second kappa shape index (κ2) is 6.00. The molecule has 0 aromatic carbocycles. The minimum atomic E-state index is -0.252. The maximum Gasteiger partial charge on any atom is 0.237 e. The molecule has 6 heteroatoms. The fraction of sp³-hybridized carbons (Fsp3) is 0.444. The maximum atomic E-state index is 11.3. The highest BCUT2D eigenvalue weighted by Crippen LogP contribution is 2.15. The molecule has 0 bridgehead atoms. The summed E-state index contributed by atoms with van der Waals surface area (Å²) < 4.78 is 5.10. The average Bonchev–Trinajstić information content (AvgIpc) is 2.62. The van der Waals surface area contributed by atoms with E-state index >= 15 is 0 Å². The molecular weight excluding hydrogens is 241 g/mol. The first-order valence-corrected chi connectivity index (χ1v) is 5.27. The Kier molecular flexibility index (Phi) is 4.94. The van der Waals surface area contributed by atoms with Crippen LogP contribution in [0.3, 0.4) is 0 Å². The number of aliphatic hydroxyl groups excluding tert-OH is 1. The van der Waals surface area contributed by atoms with Gasteiger partial charge in [-0.05, 0) is 23.7 Å². The van der Waals surface area contributed by atoms with Crippen molar-refractivity contribution in [1.29, 1.82) is 0 Å². The summed E-state index contributed by atoms with van der Waals surface area (Å²) in [5.74, 6) is 0.194. The quantitative estimate of drug-likeness (QED) is 0.808. The van der Waals surface area contributed by atoms with Crippen molar-refractivity contribution in [3.05, 3.63) is 23.1 Å². The Morgan fingerprint density at radius 2 is 2.27 bits per heavy atom. The van der Waals surface area contributed by atoms with E-state index in [0.717, 1.165) is 0 Å². The molecule has 0 aliphatic rings. The van der Waals surface area contributed by atoms with E-state index in [9.17, 15) is 4.79 Å². The number of aliphatic hydroxyl groups is 1. The predicted molar refractivity (Wildman–Crippen MR) is 56.9 cm³/mol. The molecule has 0 fully saturated rings. The lowest BCUT2D eigenvalue weighted by Gasteiger charge is -2.19. The zero-order valence-electron chi connectivity index (χ0n) is 7.95. The molecule has 0 aliphatic carbocycles. The van der Waals surface area contributed by atoms with Gasteiger partial charge >= 0.3 is 0 Å². The highest BCUT2D eigenvalue weighted by molar-refractivity contribution is 6.28. The van der Waals surface area contributed by atoms with Crippen LogP contribution in [0.15, 0.2) is 16.5 Å². The minimum Gasteiger partial charge on any atom is -0.448 e. The van der Waals surface area contributed by atoms with Crippen molar-refractivity contribution >= 4 is 29.1 Å². The first-order valence-electron chi connectivity index (χ1n) is 4.36. The molecule has 1 N–H and O–H groups in total. The van der Waals surface area contributed by atoms with Crippen LogP contribution in [0.2, 0.25) is 5.22 Å². The number of carbonyl (C=O) groups is 1. The van der Waals surface area contributed by atoms with Gasteiger partial charge in [0, 0.05) is 6.54 Å². The van der Waals surface area contributed by atoms with E-state index in [1.807, 2.05) is 0 Å². The van der Waals surface area contributed by atoms with Gasteiger partial charge in [0.1, 0.15) is 11.6 Å². The fourth-order valence-corrected chi connectivity index (χ4v) is 1.45. The van der Waals surface area contributed by atoms with Crippen LogP contribution < -0.4 is 0 Å². The standard InChI is InChI=1S/C9H11Cl2NO3/c10-5-9(14)12(3-4-13)6-7-1-2-8(11)15-7/h1-2,13H,3-6H2. The SMILES string of the molecule is O=C(CCl)N(CCO)Cc1ccc(Cl)o1. The summed E-state index contributed by atoms with van der Waals surface area (Å²) in [5.41, 5.74) is 0. The summed E-state index contributed by atoms with van der Waals surface area (Å²) in [4.78, 5) is 12.7. The van der Waals surface area contributed by atoms with E-state index in [4.69, 9.17) is 32.7 Å². The van der Waals surface area contributed by atoms with Crippen LogP contribution in [0.5, 0.6) is 0 Å². The molecule has 1 rings (SSSR count). The first kappa shape index (κ1) is 12.4. The predicted octanol–water partition coefficient (Wildman–Crippen LogP) is 1.49. The third-order valence-electron chi connectivity index (χ3n) is 1.81. The lowest BCUT2D eigenvalue weighted by Crippen LogP contribution is -2.33. The van der Waals surface area contributed by atoms with Crippen LogP contribution in [0.25, 0.3) is 0 Å². The van der Waals surface area contributed by atoms with Gasteiger partial charge in [-0.2, -0.15) is 0 Å². The van der Waals surface area contributed by atoms with Gasteiger partial charge < -0.3 is 14.4 Å². The Morgan fingerprint density at radius 3 is 2.73 bits per heavy atom. The number of rotatable bonds is 5. The molecule has 1 heterocycles. The largest absolute Gasteiger partial charge is 0.448 e. The molecule has 1 amide bonds. The average molecular weight is 252 g/mol. The summed E-state index contributed by atoms with van der Waals surface area (Å²) in [6.45, 7) is 0.375. The van der Waals surface area contributed by atoms with E-state index in [2.05, 4.69) is 0 Å². The molecule has 15 heavy (non-hydrogen) atoms. The number of nitrogens with zero attached hydrogens (tertiary/aromatic N) is 1. The molecule has 0 atom stereocenters. The highest BCUT2D eigenvalue weighted by atomic mass is 35.5. The van der Waals surface area contributed by atoms with Crippen molar-refractivity contribution in [1.82, 2.24) is 4.90 Å². The van der Waals surface area contributed by atoms with Crippen molar-refractivity contribution in [3.8, 4) is 0 Å². The molecule has 0 radical (unpaired) electrons.